The summed E-state index contributed by atoms with van der Waals surface area (Å²) in [5, 5.41) is 0. The minimum atomic E-state index is 0.702. The van der Waals surface area contributed by atoms with E-state index in [0.717, 1.165) is 12.0 Å². The van der Waals surface area contributed by atoms with Gasteiger partial charge in [0.2, 0.25) is 0 Å². The molecule has 3 fully saturated rings. The van der Waals surface area contributed by atoms with Crippen LogP contribution in [0.1, 0.15) is 39.0 Å². The smallest absolute Gasteiger partial charge is 0.0213 e. The van der Waals surface area contributed by atoms with Gasteiger partial charge in [0.15, 0.2) is 0 Å². The lowest BCUT2D eigenvalue weighted by Gasteiger charge is -2.33. The second kappa shape index (κ2) is 1.82. The summed E-state index contributed by atoms with van der Waals surface area (Å²) in [7, 11) is 0. The molecular formula is C10H17N. The molecule has 62 valence electrons. The van der Waals surface area contributed by atoms with Crippen LogP contribution in [0.25, 0.3) is 0 Å². The van der Waals surface area contributed by atoms with Crippen molar-refractivity contribution in [3.8, 4) is 0 Å². The predicted molar refractivity (Wildman–Crippen MR) is 45.5 cm³/mol. The molecule has 0 spiro atoms. The number of piperidine rings is 1. The van der Waals surface area contributed by atoms with Gasteiger partial charge < -0.3 is 0 Å². The molecule has 3 aliphatic rings. The zero-order valence-electron chi connectivity index (χ0n) is 7.34. The van der Waals surface area contributed by atoms with E-state index in [4.69, 9.17) is 0 Å². The van der Waals surface area contributed by atoms with Crippen molar-refractivity contribution in [1.29, 1.82) is 0 Å². The molecule has 0 N–H and O–H groups in total. The molecule has 1 saturated carbocycles. The first-order chi connectivity index (χ1) is 5.36. The first-order valence-corrected chi connectivity index (χ1v) is 5.12. The summed E-state index contributed by atoms with van der Waals surface area (Å²) >= 11 is 0. The van der Waals surface area contributed by atoms with Crippen LogP contribution in [0, 0.1) is 5.92 Å². The fourth-order valence-electron chi connectivity index (χ4n) is 3.54. The van der Waals surface area contributed by atoms with Crippen LogP contribution >= 0.6 is 0 Å². The average molecular weight is 151 g/mol. The van der Waals surface area contributed by atoms with E-state index < -0.39 is 0 Å². The van der Waals surface area contributed by atoms with Crippen LogP contribution in [0.5, 0.6) is 0 Å². The third kappa shape index (κ3) is 0.658. The highest BCUT2D eigenvalue weighted by Gasteiger charge is 2.59. The van der Waals surface area contributed by atoms with Crippen LogP contribution < -0.4 is 0 Å². The molecule has 0 amide bonds. The molecule has 0 bridgehead atoms. The molecule has 2 heterocycles. The van der Waals surface area contributed by atoms with E-state index in [9.17, 15) is 0 Å². The largest absolute Gasteiger partial charge is 0.294 e. The van der Waals surface area contributed by atoms with Gasteiger partial charge >= 0.3 is 0 Å². The molecule has 1 nitrogen and oxygen atoms in total. The minimum Gasteiger partial charge on any atom is -0.294 e. The Morgan fingerprint density at radius 1 is 1.55 bits per heavy atom. The van der Waals surface area contributed by atoms with Crippen LogP contribution in [-0.2, 0) is 0 Å². The third-order valence-corrected chi connectivity index (χ3v) is 4.24. The first kappa shape index (κ1) is 6.47. The van der Waals surface area contributed by atoms with Crippen molar-refractivity contribution in [2.24, 2.45) is 5.92 Å². The normalized spacial score (nSPS) is 54.3. The van der Waals surface area contributed by atoms with Crippen LogP contribution in [0.4, 0.5) is 0 Å². The monoisotopic (exact) mass is 151 g/mol. The van der Waals surface area contributed by atoms with Gasteiger partial charge in [0.05, 0.1) is 0 Å². The van der Waals surface area contributed by atoms with Crippen molar-refractivity contribution in [3.05, 3.63) is 0 Å². The second-order valence-corrected chi connectivity index (χ2v) is 4.64. The van der Waals surface area contributed by atoms with Gasteiger partial charge in [-0.1, -0.05) is 6.92 Å². The lowest BCUT2D eigenvalue weighted by molar-refractivity contribution is 0.155. The van der Waals surface area contributed by atoms with Gasteiger partial charge in [0.1, 0.15) is 0 Å². The molecule has 3 atom stereocenters. The van der Waals surface area contributed by atoms with Crippen LogP contribution in [-0.4, -0.2) is 23.0 Å². The van der Waals surface area contributed by atoms with Crippen molar-refractivity contribution in [2.75, 3.05) is 6.54 Å². The van der Waals surface area contributed by atoms with E-state index >= 15 is 0 Å². The van der Waals surface area contributed by atoms with Crippen LogP contribution in [0.15, 0.2) is 0 Å². The van der Waals surface area contributed by atoms with Crippen LogP contribution in [0.2, 0.25) is 0 Å². The van der Waals surface area contributed by atoms with Crippen molar-refractivity contribution < 1.29 is 0 Å². The van der Waals surface area contributed by atoms with E-state index in [-0.39, 0.29) is 0 Å². The standard InChI is InChI=1S/C10H17N/c1-2-10-4-3-5-11(10)9-6-8(9)7-10/h8-9H,2-7H2,1H3/t8?,9?,10-/m1/s1. The molecule has 1 heteroatoms. The molecular weight excluding hydrogens is 134 g/mol. The predicted octanol–water partition coefficient (Wildman–Crippen LogP) is 2.02. The molecule has 0 aromatic heterocycles. The average Bonchev–Trinajstić information content (AvgIpc) is 2.55. The lowest BCUT2D eigenvalue weighted by atomic mass is 9.89. The van der Waals surface area contributed by atoms with E-state index in [1.54, 1.807) is 0 Å². The fraction of sp³-hybridized carbons (Fsp3) is 1.00. The topological polar surface area (TPSA) is 3.24 Å². The molecule has 3 rings (SSSR count). The Kier molecular flexibility index (Phi) is 1.07. The van der Waals surface area contributed by atoms with Gasteiger partial charge in [0, 0.05) is 11.6 Å². The maximum Gasteiger partial charge on any atom is 0.0213 e. The lowest BCUT2D eigenvalue weighted by Crippen LogP contribution is -2.40. The van der Waals surface area contributed by atoms with Crippen molar-refractivity contribution in [1.82, 2.24) is 4.90 Å². The number of fused-ring (bicyclic) bond motifs is 3. The Bertz CT molecular complexity index is 189. The number of hydrogen-bond acceptors (Lipinski definition) is 1. The van der Waals surface area contributed by atoms with Crippen molar-refractivity contribution in [2.45, 2.75) is 50.6 Å². The van der Waals surface area contributed by atoms with Gasteiger partial charge in [-0.15, -0.1) is 0 Å². The van der Waals surface area contributed by atoms with E-state index in [2.05, 4.69) is 11.8 Å². The van der Waals surface area contributed by atoms with Gasteiger partial charge in [-0.2, -0.15) is 0 Å². The van der Waals surface area contributed by atoms with E-state index in [1.165, 1.54) is 38.6 Å². The summed E-state index contributed by atoms with van der Waals surface area (Å²) in [6, 6.07) is 1.04. The highest BCUT2D eigenvalue weighted by atomic mass is 15.3. The Morgan fingerprint density at radius 3 is 3.18 bits per heavy atom. The maximum absolute atomic E-state index is 2.83. The fourth-order valence-corrected chi connectivity index (χ4v) is 3.54. The highest BCUT2D eigenvalue weighted by molar-refractivity contribution is 5.14. The Labute approximate surface area is 68.8 Å². The summed E-state index contributed by atoms with van der Waals surface area (Å²) in [5.74, 6) is 1.12. The van der Waals surface area contributed by atoms with Gasteiger partial charge in [0.25, 0.3) is 0 Å². The summed E-state index contributed by atoms with van der Waals surface area (Å²) in [6.45, 7) is 3.79. The number of rotatable bonds is 1. The molecule has 0 radical (unpaired) electrons. The molecule has 11 heavy (non-hydrogen) atoms. The summed E-state index contributed by atoms with van der Waals surface area (Å²) in [4.78, 5) is 2.83. The van der Waals surface area contributed by atoms with Crippen LogP contribution in [0.3, 0.4) is 0 Å². The zero-order chi connectivity index (χ0) is 7.47. The highest BCUT2D eigenvalue weighted by Crippen LogP contribution is 2.57. The van der Waals surface area contributed by atoms with Crippen molar-refractivity contribution >= 4 is 0 Å². The number of nitrogens with zero attached hydrogens (tertiary/aromatic N) is 1. The second-order valence-electron chi connectivity index (χ2n) is 4.64. The Hall–Kier alpha value is -0.0400. The van der Waals surface area contributed by atoms with E-state index in [0.29, 0.717) is 5.54 Å². The molecule has 0 aromatic carbocycles. The van der Waals surface area contributed by atoms with Gasteiger partial charge in [-0.3, -0.25) is 4.90 Å². The molecule has 0 aromatic rings. The summed E-state index contributed by atoms with van der Waals surface area (Å²) < 4.78 is 0. The van der Waals surface area contributed by atoms with E-state index in [1.807, 2.05) is 0 Å². The summed E-state index contributed by atoms with van der Waals surface area (Å²) in [6.07, 6.45) is 7.43. The molecule has 2 saturated heterocycles. The third-order valence-electron chi connectivity index (χ3n) is 4.24. The first-order valence-electron chi connectivity index (χ1n) is 5.12. The van der Waals surface area contributed by atoms with Gasteiger partial charge in [-0.25, -0.2) is 0 Å². The Morgan fingerprint density at radius 2 is 2.45 bits per heavy atom. The maximum atomic E-state index is 2.83. The minimum absolute atomic E-state index is 0.702. The van der Waals surface area contributed by atoms with Gasteiger partial charge in [-0.05, 0) is 44.6 Å². The summed E-state index contributed by atoms with van der Waals surface area (Å²) in [5.41, 5.74) is 0.702. The SMILES string of the molecule is CC[C@]12CCCN1C1CC1C2. The molecule has 1 aliphatic carbocycles. The molecule has 2 aliphatic heterocycles. The van der Waals surface area contributed by atoms with Crippen molar-refractivity contribution in [3.63, 3.8) is 0 Å². The molecule has 2 unspecified atom stereocenters. The Balaban J connectivity index is 1.91. The zero-order valence-corrected chi connectivity index (χ0v) is 7.34. The number of hydrogen-bond donors (Lipinski definition) is 0. The quantitative estimate of drug-likeness (QED) is 0.554.